The van der Waals surface area contributed by atoms with E-state index in [0.29, 0.717) is 22.1 Å². The van der Waals surface area contributed by atoms with E-state index in [0.717, 1.165) is 0 Å². The normalized spacial score (nSPS) is 10.4. The summed E-state index contributed by atoms with van der Waals surface area (Å²) < 4.78 is 0. The fourth-order valence-electron chi connectivity index (χ4n) is 1.78. The fourth-order valence-corrected chi connectivity index (χ4v) is 2.01. The molecule has 2 aromatic heterocycles. The molecule has 3 aromatic rings. The summed E-state index contributed by atoms with van der Waals surface area (Å²) >= 11 is 6.05. The first kappa shape index (κ1) is 12.5. The summed E-state index contributed by atoms with van der Waals surface area (Å²) in [6, 6.07) is 12.3. The lowest BCUT2D eigenvalue weighted by Crippen LogP contribution is -2.14. The van der Waals surface area contributed by atoms with Crippen LogP contribution in [0.25, 0.3) is 22.8 Å². The minimum atomic E-state index is -0.353. The first-order chi connectivity index (χ1) is 9.75. The Bertz CT molecular complexity index is 802. The highest BCUT2D eigenvalue weighted by Gasteiger charge is 2.11. The van der Waals surface area contributed by atoms with Gasteiger partial charge in [0.1, 0.15) is 5.69 Å². The quantitative estimate of drug-likeness (QED) is 0.785. The minimum Gasteiger partial charge on any atom is -0.302 e. The van der Waals surface area contributed by atoms with Crippen molar-refractivity contribution in [3.8, 4) is 22.8 Å². The lowest BCUT2D eigenvalue weighted by molar-refractivity contribution is 0.954. The van der Waals surface area contributed by atoms with Crippen LogP contribution in [0.4, 0.5) is 0 Å². The van der Waals surface area contributed by atoms with Crippen molar-refractivity contribution in [2.24, 2.45) is 0 Å². The number of rotatable bonds is 2. The third-order valence-electron chi connectivity index (χ3n) is 2.73. The molecule has 0 aliphatic rings. The molecule has 0 radical (unpaired) electrons. The zero-order valence-electron chi connectivity index (χ0n) is 10.2. The molecule has 0 amide bonds. The van der Waals surface area contributed by atoms with Crippen molar-refractivity contribution in [3.63, 3.8) is 0 Å². The number of hydrogen-bond acceptors (Lipinski definition) is 4. The molecule has 0 unspecified atom stereocenters. The van der Waals surface area contributed by atoms with E-state index in [1.807, 2.05) is 6.07 Å². The molecule has 0 aliphatic heterocycles. The van der Waals surface area contributed by atoms with Crippen LogP contribution in [0.3, 0.4) is 0 Å². The van der Waals surface area contributed by atoms with Gasteiger partial charge in [0.15, 0.2) is 11.5 Å². The van der Waals surface area contributed by atoms with E-state index in [9.17, 15) is 4.79 Å². The number of pyridine rings is 1. The van der Waals surface area contributed by atoms with E-state index in [-0.39, 0.29) is 11.3 Å². The SMILES string of the molecule is O=c1[nH]c(-c2ccccn2)nnc1-c1ccccc1Cl. The number of benzene rings is 1. The molecule has 1 N–H and O–H groups in total. The van der Waals surface area contributed by atoms with Crippen LogP contribution < -0.4 is 5.56 Å². The van der Waals surface area contributed by atoms with Crippen LogP contribution in [0.15, 0.2) is 53.5 Å². The van der Waals surface area contributed by atoms with Crippen LogP contribution in [0.2, 0.25) is 5.02 Å². The van der Waals surface area contributed by atoms with Crippen molar-refractivity contribution < 1.29 is 0 Å². The van der Waals surface area contributed by atoms with E-state index >= 15 is 0 Å². The van der Waals surface area contributed by atoms with Gasteiger partial charge in [-0.3, -0.25) is 9.78 Å². The van der Waals surface area contributed by atoms with Crippen molar-refractivity contribution >= 4 is 11.6 Å². The van der Waals surface area contributed by atoms with Crippen LogP contribution >= 0.6 is 11.6 Å². The summed E-state index contributed by atoms with van der Waals surface area (Å²) in [5.74, 6) is 0.325. The molecule has 98 valence electrons. The molecule has 1 aromatic carbocycles. The Morgan fingerprint density at radius 3 is 2.50 bits per heavy atom. The Balaban J connectivity index is 2.10. The molecule has 2 heterocycles. The molecule has 0 atom stereocenters. The molecule has 5 nitrogen and oxygen atoms in total. The summed E-state index contributed by atoms with van der Waals surface area (Å²) in [6.45, 7) is 0. The zero-order valence-corrected chi connectivity index (χ0v) is 11.0. The average molecular weight is 285 g/mol. The average Bonchev–Trinajstić information content (AvgIpc) is 2.49. The number of aromatic amines is 1. The van der Waals surface area contributed by atoms with Crippen molar-refractivity contribution in [2.45, 2.75) is 0 Å². The molecular weight excluding hydrogens is 276 g/mol. The van der Waals surface area contributed by atoms with Crippen LogP contribution in [0, 0.1) is 0 Å². The van der Waals surface area contributed by atoms with Gasteiger partial charge in [0.05, 0.1) is 5.02 Å². The summed E-state index contributed by atoms with van der Waals surface area (Å²) in [6.07, 6.45) is 1.62. The predicted molar refractivity (Wildman–Crippen MR) is 76.3 cm³/mol. The Labute approximate surface area is 119 Å². The fraction of sp³-hybridized carbons (Fsp3) is 0. The maximum absolute atomic E-state index is 12.1. The number of H-pyrrole nitrogens is 1. The van der Waals surface area contributed by atoms with Gasteiger partial charge in [-0.05, 0) is 18.2 Å². The predicted octanol–water partition coefficient (Wildman–Crippen LogP) is 2.55. The lowest BCUT2D eigenvalue weighted by atomic mass is 10.1. The van der Waals surface area contributed by atoms with Gasteiger partial charge in [0.25, 0.3) is 5.56 Å². The maximum Gasteiger partial charge on any atom is 0.278 e. The van der Waals surface area contributed by atoms with Gasteiger partial charge in [-0.1, -0.05) is 35.9 Å². The standard InChI is InChI=1S/C14H9ClN4O/c15-10-6-2-1-5-9(10)12-14(20)17-13(19-18-12)11-7-3-4-8-16-11/h1-8H,(H,17,19,20). The third-order valence-corrected chi connectivity index (χ3v) is 3.06. The van der Waals surface area contributed by atoms with Gasteiger partial charge in [-0.25, -0.2) is 0 Å². The van der Waals surface area contributed by atoms with Gasteiger partial charge >= 0.3 is 0 Å². The molecule has 6 heteroatoms. The zero-order chi connectivity index (χ0) is 13.9. The summed E-state index contributed by atoms with van der Waals surface area (Å²) in [5, 5.41) is 8.42. The first-order valence-electron chi connectivity index (χ1n) is 5.89. The molecule has 0 aliphatic carbocycles. The molecule has 0 saturated heterocycles. The molecule has 0 saturated carbocycles. The molecule has 20 heavy (non-hydrogen) atoms. The summed E-state index contributed by atoms with van der Waals surface area (Å²) in [7, 11) is 0. The Hall–Kier alpha value is -2.53. The van der Waals surface area contributed by atoms with Crippen LogP contribution in [-0.4, -0.2) is 20.2 Å². The second-order valence-corrected chi connectivity index (χ2v) is 4.45. The third kappa shape index (κ3) is 2.31. The van der Waals surface area contributed by atoms with Crippen LogP contribution in [0.1, 0.15) is 0 Å². The molecule has 0 bridgehead atoms. The van der Waals surface area contributed by atoms with Crippen molar-refractivity contribution in [2.75, 3.05) is 0 Å². The first-order valence-corrected chi connectivity index (χ1v) is 6.27. The van der Waals surface area contributed by atoms with Crippen molar-refractivity contribution in [1.29, 1.82) is 0 Å². The van der Waals surface area contributed by atoms with E-state index < -0.39 is 0 Å². The lowest BCUT2D eigenvalue weighted by Gasteiger charge is -2.03. The Morgan fingerprint density at radius 1 is 1.00 bits per heavy atom. The number of hydrogen-bond donors (Lipinski definition) is 1. The molecule has 3 rings (SSSR count). The Morgan fingerprint density at radius 2 is 1.80 bits per heavy atom. The number of aromatic nitrogens is 4. The highest BCUT2D eigenvalue weighted by Crippen LogP contribution is 2.23. The number of halogens is 1. The molecule has 0 spiro atoms. The van der Waals surface area contributed by atoms with Gasteiger partial charge < -0.3 is 4.98 Å². The van der Waals surface area contributed by atoms with Gasteiger partial charge in [-0.15, -0.1) is 10.2 Å². The summed E-state index contributed by atoms with van der Waals surface area (Å²) in [5.41, 5.74) is 0.947. The van der Waals surface area contributed by atoms with Crippen molar-refractivity contribution in [3.05, 3.63) is 64.0 Å². The smallest absolute Gasteiger partial charge is 0.278 e. The minimum absolute atomic E-state index is 0.190. The van der Waals surface area contributed by atoms with Crippen LogP contribution in [-0.2, 0) is 0 Å². The highest BCUT2D eigenvalue weighted by molar-refractivity contribution is 6.33. The largest absolute Gasteiger partial charge is 0.302 e. The van der Waals surface area contributed by atoms with Gasteiger partial charge in [0.2, 0.25) is 0 Å². The Kier molecular flexibility index (Phi) is 3.26. The highest BCUT2D eigenvalue weighted by atomic mass is 35.5. The van der Waals surface area contributed by atoms with E-state index in [2.05, 4.69) is 20.2 Å². The molecule has 0 fully saturated rings. The number of nitrogens with zero attached hydrogens (tertiary/aromatic N) is 3. The van der Waals surface area contributed by atoms with Gasteiger partial charge in [-0.2, -0.15) is 0 Å². The van der Waals surface area contributed by atoms with Crippen molar-refractivity contribution in [1.82, 2.24) is 20.2 Å². The van der Waals surface area contributed by atoms with E-state index in [1.165, 1.54) is 0 Å². The monoisotopic (exact) mass is 284 g/mol. The van der Waals surface area contributed by atoms with E-state index in [1.54, 1.807) is 42.6 Å². The maximum atomic E-state index is 12.1. The second-order valence-electron chi connectivity index (χ2n) is 4.05. The van der Waals surface area contributed by atoms with Crippen LogP contribution in [0.5, 0.6) is 0 Å². The molecular formula is C14H9ClN4O. The topological polar surface area (TPSA) is 71.5 Å². The number of nitrogens with one attached hydrogen (secondary N) is 1. The van der Waals surface area contributed by atoms with Gasteiger partial charge in [0, 0.05) is 11.8 Å². The van der Waals surface area contributed by atoms with E-state index in [4.69, 9.17) is 11.6 Å². The second kappa shape index (κ2) is 5.22. The summed E-state index contributed by atoms with van der Waals surface area (Å²) in [4.78, 5) is 18.9.